The first-order valence-corrected chi connectivity index (χ1v) is 9.97. The average molecular weight is 332 g/mol. The summed E-state index contributed by atoms with van der Waals surface area (Å²) in [5.74, 6) is 0. The Labute approximate surface area is 125 Å². The Bertz CT molecular complexity index is 691. The Morgan fingerprint density at radius 2 is 1.52 bits per heavy atom. The summed E-state index contributed by atoms with van der Waals surface area (Å²) in [5.41, 5.74) is 0. The number of nitrogens with two attached hydrogens (primary N) is 1. The van der Waals surface area contributed by atoms with E-state index < -0.39 is 20.0 Å². The largest absolute Gasteiger partial charge is 0.240 e. The van der Waals surface area contributed by atoms with Gasteiger partial charge in [-0.15, -0.1) is 0 Å². The summed E-state index contributed by atoms with van der Waals surface area (Å²) in [6.45, 7) is 0. The van der Waals surface area contributed by atoms with Gasteiger partial charge in [0, 0.05) is 6.04 Å². The van der Waals surface area contributed by atoms with Crippen molar-refractivity contribution in [3.8, 4) is 0 Å². The molecule has 118 valence electrons. The molecular formula is C13H20N2O4S2. The lowest BCUT2D eigenvalue weighted by Gasteiger charge is -2.16. The van der Waals surface area contributed by atoms with E-state index in [1.807, 2.05) is 0 Å². The minimum absolute atomic E-state index is 0.0710. The molecule has 0 bridgehead atoms. The first-order valence-electron chi connectivity index (χ1n) is 6.94. The van der Waals surface area contributed by atoms with Crippen LogP contribution in [0.2, 0.25) is 0 Å². The lowest BCUT2D eigenvalue weighted by atomic mass is 10.1. The number of sulfonamides is 2. The monoisotopic (exact) mass is 332 g/mol. The predicted molar refractivity (Wildman–Crippen MR) is 79.6 cm³/mol. The summed E-state index contributed by atoms with van der Waals surface area (Å²) in [6, 6.07) is 5.03. The van der Waals surface area contributed by atoms with Gasteiger partial charge in [-0.2, -0.15) is 0 Å². The Morgan fingerprint density at radius 3 is 2.10 bits per heavy atom. The summed E-state index contributed by atoms with van der Waals surface area (Å²) in [4.78, 5) is -0.274. The maximum absolute atomic E-state index is 12.3. The maximum atomic E-state index is 12.3. The van der Waals surface area contributed by atoms with Crippen LogP contribution in [0, 0.1) is 0 Å². The average Bonchev–Trinajstić information content (AvgIpc) is 2.66. The molecule has 0 radical (unpaired) electrons. The first kappa shape index (κ1) is 16.4. The molecule has 1 aliphatic rings. The molecule has 0 atom stereocenters. The molecule has 3 N–H and O–H groups in total. The molecule has 0 saturated heterocycles. The number of hydrogen-bond acceptors (Lipinski definition) is 4. The highest BCUT2D eigenvalue weighted by atomic mass is 32.2. The van der Waals surface area contributed by atoms with Crippen LogP contribution in [0.15, 0.2) is 34.1 Å². The van der Waals surface area contributed by atoms with Crippen LogP contribution < -0.4 is 9.86 Å². The van der Waals surface area contributed by atoms with E-state index in [1.165, 1.54) is 18.2 Å². The third kappa shape index (κ3) is 4.50. The number of primary sulfonamides is 1. The molecule has 1 saturated carbocycles. The van der Waals surface area contributed by atoms with Crippen molar-refractivity contribution in [2.75, 3.05) is 0 Å². The summed E-state index contributed by atoms with van der Waals surface area (Å²) in [5, 5.41) is 5.03. The van der Waals surface area contributed by atoms with E-state index in [0.29, 0.717) is 0 Å². The SMILES string of the molecule is NS(=O)(=O)c1cccc(S(=O)(=O)NC2CCCCCC2)c1. The highest BCUT2D eigenvalue weighted by Gasteiger charge is 2.22. The van der Waals surface area contributed by atoms with Gasteiger partial charge >= 0.3 is 0 Å². The molecule has 8 heteroatoms. The molecule has 21 heavy (non-hydrogen) atoms. The molecule has 1 fully saturated rings. The quantitative estimate of drug-likeness (QED) is 0.811. The van der Waals surface area contributed by atoms with Crippen LogP contribution in [-0.4, -0.2) is 22.9 Å². The normalized spacial score (nSPS) is 18.3. The van der Waals surface area contributed by atoms with Gasteiger partial charge in [0.15, 0.2) is 0 Å². The Balaban J connectivity index is 2.23. The molecule has 6 nitrogen and oxygen atoms in total. The molecule has 0 aliphatic heterocycles. The number of rotatable bonds is 4. The molecule has 1 aromatic carbocycles. The second kappa shape index (κ2) is 6.43. The van der Waals surface area contributed by atoms with Crippen LogP contribution in [0.4, 0.5) is 0 Å². The Morgan fingerprint density at radius 1 is 0.952 bits per heavy atom. The van der Waals surface area contributed by atoms with E-state index in [2.05, 4.69) is 4.72 Å². The fourth-order valence-corrected chi connectivity index (χ4v) is 4.49. The summed E-state index contributed by atoms with van der Waals surface area (Å²) < 4.78 is 50.0. The fourth-order valence-electron chi connectivity index (χ4n) is 2.50. The van der Waals surface area contributed by atoms with Gasteiger partial charge in [0.1, 0.15) is 0 Å². The molecular weight excluding hydrogens is 312 g/mol. The van der Waals surface area contributed by atoms with Gasteiger partial charge in [0.2, 0.25) is 20.0 Å². The summed E-state index contributed by atoms with van der Waals surface area (Å²) in [7, 11) is -7.65. The maximum Gasteiger partial charge on any atom is 0.240 e. The molecule has 0 aromatic heterocycles. The molecule has 0 amide bonds. The first-order chi connectivity index (χ1) is 9.79. The molecule has 0 heterocycles. The van der Waals surface area contributed by atoms with Crippen molar-refractivity contribution in [2.24, 2.45) is 5.14 Å². The number of hydrogen-bond donors (Lipinski definition) is 2. The van der Waals surface area contributed by atoms with Crippen molar-refractivity contribution in [1.29, 1.82) is 0 Å². The topological polar surface area (TPSA) is 106 Å². The van der Waals surface area contributed by atoms with Gasteiger partial charge < -0.3 is 0 Å². The number of benzene rings is 1. The van der Waals surface area contributed by atoms with E-state index in [-0.39, 0.29) is 15.8 Å². The van der Waals surface area contributed by atoms with Crippen molar-refractivity contribution in [3.05, 3.63) is 24.3 Å². The van der Waals surface area contributed by atoms with Crippen molar-refractivity contribution >= 4 is 20.0 Å². The highest BCUT2D eigenvalue weighted by Crippen LogP contribution is 2.20. The van der Waals surface area contributed by atoms with E-state index in [9.17, 15) is 16.8 Å². The summed E-state index contributed by atoms with van der Waals surface area (Å²) in [6.07, 6.45) is 5.88. The second-order valence-corrected chi connectivity index (χ2v) is 8.61. The van der Waals surface area contributed by atoms with Crippen LogP contribution in [-0.2, 0) is 20.0 Å². The van der Waals surface area contributed by atoms with E-state index in [1.54, 1.807) is 0 Å². The van der Waals surface area contributed by atoms with E-state index >= 15 is 0 Å². The van der Waals surface area contributed by atoms with E-state index in [4.69, 9.17) is 5.14 Å². The zero-order valence-electron chi connectivity index (χ0n) is 11.7. The van der Waals surface area contributed by atoms with Gasteiger partial charge in [-0.3, -0.25) is 0 Å². The van der Waals surface area contributed by atoms with Crippen molar-refractivity contribution in [1.82, 2.24) is 4.72 Å². The zero-order chi connectivity index (χ0) is 15.5. The van der Waals surface area contributed by atoms with Gasteiger partial charge in [0.25, 0.3) is 0 Å². The smallest absolute Gasteiger partial charge is 0.225 e. The van der Waals surface area contributed by atoms with Gasteiger partial charge in [0.05, 0.1) is 9.79 Å². The molecule has 0 spiro atoms. The van der Waals surface area contributed by atoms with Crippen molar-refractivity contribution < 1.29 is 16.8 Å². The standard InChI is InChI=1S/C13H20N2O4S2/c14-20(16,17)12-8-5-9-13(10-12)21(18,19)15-11-6-3-1-2-4-7-11/h5,8-11,15H,1-4,6-7H2,(H2,14,16,17). The molecule has 1 aliphatic carbocycles. The lowest BCUT2D eigenvalue weighted by Crippen LogP contribution is -2.34. The molecule has 1 aromatic rings. The third-order valence-corrected chi connectivity index (χ3v) is 6.05. The lowest BCUT2D eigenvalue weighted by molar-refractivity contribution is 0.510. The predicted octanol–water partition coefficient (Wildman–Crippen LogP) is 1.34. The van der Waals surface area contributed by atoms with Gasteiger partial charge in [-0.05, 0) is 31.0 Å². The molecule has 2 rings (SSSR count). The second-order valence-electron chi connectivity index (χ2n) is 5.33. The minimum atomic E-state index is -3.92. The van der Waals surface area contributed by atoms with Crippen LogP contribution in [0.3, 0.4) is 0 Å². The van der Waals surface area contributed by atoms with Gasteiger partial charge in [-0.1, -0.05) is 31.7 Å². The Hall–Kier alpha value is -0.960. The third-order valence-electron chi connectivity index (χ3n) is 3.62. The summed E-state index contributed by atoms with van der Waals surface area (Å²) >= 11 is 0. The highest BCUT2D eigenvalue weighted by molar-refractivity contribution is 7.90. The number of nitrogens with one attached hydrogen (secondary N) is 1. The van der Waals surface area contributed by atoms with Crippen LogP contribution in [0.5, 0.6) is 0 Å². The zero-order valence-corrected chi connectivity index (χ0v) is 13.3. The van der Waals surface area contributed by atoms with Gasteiger partial charge in [-0.25, -0.2) is 26.7 Å². The van der Waals surface area contributed by atoms with Crippen LogP contribution in [0.1, 0.15) is 38.5 Å². The minimum Gasteiger partial charge on any atom is -0.225 e. The van der Waals surface area contributed by atoms with Crippen LogP contribution >= 0.6 is 0 Å². The fraction of sp³-hybridized carbons (Fsp3) is 0.538. The van der Waals surface area contributed by atoms with E-state index in [0.717, 1.165) is 44.6 Å². The van der Waals surface area contributed by atoms with Crippen molar-refractivity contribution in [2.45, 2.75) is 54.4 Å². The molecule has 0 unspecified atom stereocenters. The van der Waals surface area contributed by atoms with Crippen LogP contribution in [0.25, 0.3) is 0 Å². The van der Waals surface area contributed by atoms with Crippen molar-refractivity contribution in [3.63, 3.8) is 0 Å². The Kier molecular flexibility index (Phi) is 5.03.